The largest absolute Gasteiger partial charge is 0.383 e. The fourth-order valence-electron chi connectivity index (χ4n) is 2.26. The first-order valence-corrected chi connectivity index (χ1v) is 7.77. The monoisotopic (exact) mass is 313 g/mol. The van der Waals surface area contributed by atoms with Crippen LogP contribution in [0, 0.1) is 0 Å². The zero-order valence-corrected chi connectivity index (χ0v) is 14.4. The molecule has 1 aromatic carbocycles. The maximum Gasteiger partial charge on any atom is 0.0642 e. The van der Waals surface area contributed by atoms with Crippen LogP contribution in [0.15, 0.2) is 18.2 Å². The molecule has 0 unspecified atom stereocenters. The van der Waals surface area contributed by atoms with E-state index in [1.165, 1.54) is 5.56 Å². The third kappa shape index (κ3) is 6.66. The van der Waals surface area contributed by atoms with Crippen LogP contribution in [-0.4, -0.2) is 59.4 Å². The standard InChI is InChI=1S/C16H28ClN3O/c1-19(2)10-6-11-20(3)16-14(7-5-8-15(16)17)13-18-9-12-21-4/h5,7-8,18H,6,9-13H2,1-4H3. The van der Waals surface area contributed by atoms with Crippen molar-refractivity contribution < 1.29 is 4.74 Å². The Morgan fingerprint density at radius 2 is 1.95 bits per heavy atom. The second kappa shape index (κ2) is 10.0. The second-order valence-electron chi connectivity index (χ2n) is 5.50. The molecule has 0 bridgehead atoms. The van der Waals surface area contributed by atoms with Gasteiger partial charge in [0, 0.05) is 33.8 Å². The number of nitrogens with zero attached hydrogens (tertiary/aromatic N) is 2. The minimum absolute atomic E-state index is 0.717. The highest BCUT2D eigenvalue weighted by Gasteiger charge is 2.11. The highest BCUT2D eigenvalue weighted by molar-refractivity contribution is 6.33. The summed E-state index contributed by atoms with van der Waals surface area (Å²) in [5, 5.41) is 4.19. The number of para-hydroxylation sites is 1. The quantitative estimate of drug-likeness (QED) is 0.672. The molecular weight excluding hydrogens is 286 g/mol. The van der Waals surface area contributed by atoms with Gasteiger partial charge < -0.3 is 19.9 Å². The number of anilines is 1. The summed E-state index contributed by atoms with van der Waals surface area (Å²) < 4.78 is 5.05. The van der Waals surface area contributed by atoms with Crippen molar-refractivity contribution in [1.29, 1.82) is 0 Å². The van der Waals surface area contributed by atoms with Crippen LogP contribution < -0.4 is 10.2 Å². The molecule has 5 heteroatoms. The van der Waals surface area contributed by atoms with Gasteiger partial charge in [-0.2, -0.15) is 0 Å². The predicted molar refractivity (Wildman–Crippen MR) is 91.5 cm³/mol. The lowest BCUT2D eigenvalue weighted by Crippen LogP contribution is -2.26. The van der Waals surface area contributed by atoms with Crippen molar-refractivity contribution in [2.45, 2.75) is 13.0 Å². The van der Waals surface area contributed by atoms with Crippen molar-refractivity contribution in [2.24, 2.45) is 0 Å². The van der Waals surface area contributed by atoms with Gasteiger partial charge in [0.1, 0.15) is 0 Å². The minimum atomic E-state index is 0.717. The molecule has 0 spiro atoms. The number of benzene rings is 1. The summed E-state index contributed by atoms with van der Waals surface area (Å²) in [4.78, 5) is 4.45. The molecule has 1 aromatic rings. The Morgan fingerprint density at radius 1 is 1.19 bits per heavy atom. The van der Waals surface area contributed by atoms with Crippen molar-refractivity contribution in [3.05, 3.63) is 28.8 Å². The van der Waals surface area contributed by atoms with Gasteiger partial charge in [-0.1, -0.05) is 23.7 Å². The Bertz CT molecular complexity index is 413. The first-order chi connectivity index (χ1) is 10.1. The molecule has 0 aliphatic carbocycles. The molecule has 0 aliphatic rings. The summed E-state index contributed by atoms with van der Waals surface area (Å²) in [6.45, 7) is 4.43. The lowest BCUT2D eigenvalue weighted by atomic mass is 10.1. The summed E-state index contributed by atoms with van der Waals surface area (Å²) in [5.41, 5.74) is 2.36. The molecule has 0 radical (unpaired) electrons. The number of methoxy groups -OCH3 is 1. The Morgan fingerprint density at radius 3 is 2.62 bits per heavy atom. The normalized spacial score (nSPS) is 11.1. The smallest absolute Gasteiger partial charge is 0.0642 e. The van der Waals surface area contributed by atoms with E-state index in [1.54, 1.807) is 7.11 Å². The van der Waals surface area contributed by atoms with Crippen LogP contribution in [0.2, 0.25) is 5.02 Å². The average molecular weight is 314 g/mol. The third-order valence-electron chi connectivity index (χ3n) is 3.35. The first-order valence-electron chi connectivity index (χ1n) is 7.39. The van der Waals surface area contributed by atoms with E-state index >= 15 is 0 Å². The summed E-state index contributed by atoms with van der Waals surface area (Å²) in [7, 11) is 8.02. The molecule has 0 aromatic heterocycles. The number of ether oxygens (including phenoxy) is 1. The molecule has 0 atom stereocenters. The van der Waals surface area contributed by atoms with E-state index in [0.717, 1.165) is 43.3 Å². The molecule has 0 fully saturated rings. The van der Waals surface area contributed by atoms with E-state index in [-0.39, 0.29) is 0 Å². The fraction of sp³-hybridized carbons (Fsp3) is 0.625. The molecule has 21 heavy (non-hydrogen) atoms. The van der Waals surface area contributed by atoms with Crippen LogP contribution in [0.5, 0.6) is 0 Å². The van der Waals surface area contributed by atoms with E-state index in [4.69, 9.17) is 16.3 Å². The third-order valence-corrected chi connectivity index (χ3v) is 3.65. The van der Waals surface area contributed by atoms with Crippen LogP contribution >= 0.6 is 11.6 Å². The topological polar surface area (TPSA) is 27.7 Å². The number of halogens is 1. The van der Waals surface area contributed by atoms with E-state index in [2.05, 4.69) is 42.3 Å². The van der Waals surface area contributed by atoms with E-state index in [1.807, 2.05) is 12.1 Å². The molecule has 0 saturated heterocycles. The van der Waals surface area contributed by atoms with Gasteiger partial charge in [-0.05, 0) is 38.7 Å². The van der Waals surface area contributed by atoms with Gasteiger partial charge in [0.25, 0.3) is 0 Å². The molecule has 0 aliphatic heterocycles. The number of rotatable bonds is 10. The fourth-order valence-corrected chi connectivity index (χ4v) is 2.60. The molecule has 4 nitrogen and oxygen atoms in total. The van der Waals surface area contributed by atoms with Crippen molar-refractivity contribution in [2.75, 3.05) is 59.4 Å². The van der Waals surface area contributed by atoms with E-state index in [9.17, 15) is 0 Å². The maximum absolute atomic E-state index is 6.40. The number of hydrogen-bond donors (Lipinski definition) is 1. The molecular formula is C16H28ClN3O. The van der Waals surface area contributed by atoms with E-state index in [0.29, 0.717) is 6.61 Å². The van der Waals surface area contributed by atoms with Crippen molar-refractivity contribution >= 4 is 17.3 Å². The number of hydrogen-bond acceptors (Lipinski definition) is 4. The Kier molecular flexibility index (Phi) is 8.69. The molecule has 120 valence electrons. The lowest BCUT2D eigenvalue weighted by Gasteiger charge is -2.24. The zero-order valence-electron chi connectivity index (χ0n) is 13.7. The lowest BCUT2D eigenvalue weighted by molar-refractivity contribution is 0.199. The van der Waals surface area contributed by atoms with Gasteiger partial charge in [0.2, 0.25) is 0 Å². The zero-order chi connectivity index (χ0) is 15.7. The summed E-state index contributed by atoms with van der Waals surface area (Å²) in [6, 6.07) is 6.09. The predicted octanol–water partition coefficient (Wildman–Crippen LogP) is 2.46. The van der Waals surface area contributed by atoms with E-state index < -0.39 is 0 Å². The Labute approximate surface area is 134 Å². The van der Waals surface area contributed by atoms with Crippen LogP contribution in [0.25, 0.3) is 0 Å². The van der Waals surface area contributed by atoms with Crippen molar-refractivity contribution in [1.82, 2.24) is 10.2 Å². The average Bonchev–Trinajstić information content (AvgIpc) is 2.43. The highest BCUT2D eigenvalue weighted by Crippen LogP contribution is 2.29. The second-order valence-corrected chi connectivity index (χ2v) is 5.90. The summed E-state index contributed by atoms with van der Waals surface area (Å²) >= 11 is 6.40. The van der Waals surface area contributed by atoms with Crippen LogP contribution in [0.3, 0.4) is 0 Å². The molecule has 0 heterocycles. The molecule has 1 N–H and O–H groups in total. The summed E-state index contributed by atoms with van der Waals surface area (Å²) in [6.07, 6.45) is 1.12. The van der Waals surface area contributed by atoms with Crippen LogP contribution in [-0.2, 0) is 11.3 Å². The van der Waals surface area contributed by atoms with Gasteiger partial charge in [-0.15, -0.1) is 0 Å². The van der Waals surface area contributed by atoms with Crippen molar-refractivity contribution in [3.8, 4) is 0 Å². The first kappa shape index (κ1) is 18.2. The highest BCUT2D eigenvalue weighted by atomic mass is 35.5. The summed E-state index contributed by atoms with van der Waals surface area (Å²) in [5.74, 6) is 0. The molecule has 1 rings (SSSR count). The van der Waals surface area contributed by atoms with Crippen LogP contribution in [0.1, 0.15) is 12.0 Å². The van der Waals surface area contributed by atoms with Crippen molar-refractivity contribution in [3.63, 3.8) is 0 Å². The molecule has 0 amide bonds. The van der Waals surface area contributed by atoms with Gasteiger partial charge >= 0.3 is 0 Å². The van der Waals surface area contributed by atoms with Gasteiger partial charge in [-0.25, -0.2) is 0 Å². The molecule has 0 saturated carbocycles. The minimum Gasteiger partial charge on any atom is -0.383 e. The van der Waals surface area contributed by atoms with Gasteiger partial charge in [0.05, 0.1) is 17.3 Å². The Hall–Kier alpha value is -0.810. The Balaban J connectivity index is 2.65. The van der Waals surface area contributed by atoms with Gasteiger partial charge in [0.15, 0.2) is 0 Å². The SMILES string of the molecule is COCCNCc1cccc(Cl)c1N(C)CCCN(C)C. The van der Waals surface area contributed by atoms with Gasteiger partial charge in [-0.3, -0.25) is 0 Å². The maximum atomic E-state index is 6.40. The van der Waals surface area contributed by atoms with Crippen LogP contribution in [0.4, 0.5) is 5.69 Å². The number of nitrogens with one attached hydrogen (secondary N) is 1.